The van der Waals surface area contributed by atoms with Crippen LogP contribution in [0, 0.1) is 0 Å². The van der Waals surface area contributed by atoms with Crippen LogP contribution in [0.2, 0.25) is 0 Å². The molecule has 0 spiro atoms. The second-order valence-corrected chi connectivity index (χ2v) is 11.0. The number of urea groups is 1. The number of nitrogens with one attached hydrogen (secondary N) is 3. The quantitative estimate of drug-likeness (QED) is 0.276. The minimum absolute atomic E-state index is 0.175. The standard InChI is InChI=1S/C31H37N7O2/c1-31(2,3)28-22-29(35-30(39)34-24-6-10-26(11-7-24)40-27-12-15-32-16-13-27)38(36-28)25-8-4-23(5-9-25)14-19-37-20-17-33-18-21-37/h4-13,15-16,22,33H,14,17-21H2,1-3H3,(H2,34,35,39). The summed E-state index contributed by atoms with van der Waals surface area (Å²) < 4.78 is 7.60. The average Bonchev–Trinajstić information content (AvgIpc) is 3.39. The van der Waals surface area contributed by atoms with Crippen molar-refractivity contribution in [3.8, 4) is 17.2 Å². The number of carbonyl (C=O) groups excluding carboxylic acids is 1. The maximum Gasteiger partial charge on any atom is 0.324 e. The number of ether oxygens (including phenoxy) is 1. The van der Waals surface area contributed by atoms with E-state index < -0.39 is 0 Å². The maximum absolute atomic E-state index is 13.0. The Bertz CT molecular complexity index is 1390. The number of hydrogen-bond acceptors (Lipinski definition) is 6. The molecule has 2 amide bonds. The second kappa shape index (κ2) is 12.3. The molecule has 2 aromatic heterocycles. The molecule has 2 aromatic carbocycles. The van der Waals surface area contributed by atoms with E-state index >= 15 is 0 Å². The smallest absolute Gasteiger partial charge is 0.324 e. The van der Waals surface area contributed by atoms with Crippen molar-refractivity contribution in [2.75, 3.05) is 43.4 Å². The monoisotopic (exact) mass is 539 g/mol. The zero-order valence-corrected chi connectivity index (χ0v) is 23.4. The van der Waals surface area contributed by atoms with Gasteiger partial charge in [0.15, 0.2) is 0 Å². The molecule has 0 aliphatic carbocycles. The molecule has 1 aliphatic rings. The van der Waals surface area contributed by atoms with Gasteiger partial charge in [-0.3, -0.25) is 10.3 Å². The van der Waals surface area contributed by atoms with Crippen LogP contribution in [0.25, 0.3) is 5.69 Å². The summed E-state index contributed by atoms with van der Waals surface area (Å²) in [7, 11) is 0. The summed E-state index contributed by atoms with van der Waals surface area (Å²) in [6.07, 6.45) is 4.36. The number of hydrogen-bond donors (Lipinski definition) is 3. The van der Waals surface area contributed by atoms with Gasteiger partial charge in [0.2, 0.25) is 0 Å². The molecule has 5 rings (SSSR count). The van der Waals surface area contributed by atoms with Crippen LogP contribution in [0.3, 0.4) is 0 Å². The van der Waals surface area contributed by atoms with Crippen molar-refractivity contribution in [3.05, 3.63) is 90.4 Å². The van der Waals surface area contributed by atoms with E-state index in [1.54, 1.807) is 41.3 Å². The van der Waals surface area contributed by atoms with Crippen LogP contribution in [0.1, 0.15) is 32.0 Å². The Balaban J connectivity index is 1.25. The number of rotatable bonds is 8. The molecule has 208 valence electrons. The fourth-order valence-corrected chi connectivity index (χ4v) is 4.49. The highest BCUT2D eigenvalue weighted by atomic mass is 16.5. The van der Waals surface area contributed by atoms with E-state index in [4.69, 9.17) is 9.84 Å². The van der Waals surface area contributed by atoms with E-state index in [1.807, 2.05) is 18.2 Å². The number of carbonyl (C=O) groups is 1. The SMILES string of the molecule is CC(C)(C)c1cc(NC(=O)Nc2ccc(Oc3ccncc3)cc2)n(-c2ccc(CCN3CCNCC3)cc2)n1. The summed E-state index contributed by atoms with van der Waals surface area (Å²) in [6.45, 7) is 11.7. The molecular weight excluding hydrogens is 502 g/mol. The largest absolute Gasteiger partial charge is 0.457 e. The Morgan fingerprint density at radius 1 is 0.925 bits per heavy atom. The summed E-state index contributed by atoms with van der Waals surface area (Å²) in [6, 6.07) is 20.8. The predicted molar refractivity (Wildman–Crippen MR) is 159 cm³/mol. The number of aromatic nitrogens is 3. The second-order valence-electron chi connectivity index (χ2n) is 11.0. The van der Waals surface area contributed by atoms with Crippen molar-refractivity contribution in [2.45, 2.75) is 32.6 Å². The first-order chi connectivity index (χ1) is 19.3. The van der Waals surface area contributed by atoms with Crippen LogP contribution < -0.4 is 20.7 Å². The molecule has 1 saturated heterocycles. The van der Waals surface area contributed by atoms with E-state index in [0.29, 0.717) is 23.0 Å². The highest BCUT2D eigenvalue weighted by Gasteiger charge is 2.22. The van der Waals surface area contributed by atoms with Crippen molar-refractivity contribution >= 4 is 17.5 Å². The molecule has 4 aromatic rings. The summed E-state index contributed by atoms with van der Waals surface area (Å²) >= 11 is 0. The lowest BCUT2D eigenvalue weighted by Crippen LogP contribution is -2.44. The summed E-state index contributed by atoms with van der Waals surface area (Å²) in [5, 5.41) is 14.1. The molecule has 0 atom stereocenters. The van der Waals surface area contributed by atoms with E-state index in [0.717, 1.165) is 50.5 Å². The topological polar surface area (TPSA) is 96.3 Å². The van der Waals surface area contributed by atoms with Gasteiger partial charge in [0.1, 0.15) is 17.3 Å². The van der Waals surface area contributed by atoms with Gasteiger partial charge in [-0.05, 0) is 60.5 Å². The summed E-state index contributed by atoms with van der Waals surface area (Å²) in [5.41, 5.74) is 3.55. The normalized spacial score (nSPS) is 14.1. The molecule has 0 bridgehead atoms. The van der Waals surface area contributed by atoms with E-state index in [-0.39, 0.29) is 11.4 Å². The summed E-state index contributed by atoms with van der Waals surface area (Å²) in [4.78, 5) is 19.5. The van der Waals surface area contributed by atoms with Gasteiger partial charge in [0.25, 0.3) is 0 Å². The van der Waals surface area contributed by atoms with E-state index in [9.17, 15) is 4.79 Å². The third-order valence-electron chi connectivity index (χ3n) is 6.82. The van der Waals surface area contributed by atoms with Crippen molar-refractivity contribution < 1.29 is 9.53 Å². The zero-order valence-electron chi connectivity index (χ0n) is 23.4. The maximum atomic E-state index is 13.0. The lowest BCUT2D eigenvalue weighted by atomic mass is 9.92. The fourth-order valence-electron chi connectivity index (χ4n) is 4.49. The molecule has 1 fully saturated rings. The summed E-state index contributed by atoms with van der Waals surface area (Å²) in [5.74, 6) is 1.97. The van der Waals surface area contributed by atoms with Crippen LogP contribution in [0.5, 0.6) is 11.5 Å². The highest BCUT2D eigenvalue weighted by Crippen LogP contribution is 2.27. The first-order valence-corrected chi connectivity index (χ1v) is 13.7. The molecule has 3 N–H and O–H groups in total. The van der Waals surface area contributed by atoms with Gasteiger partial charge in [-0.25, -0.2) is 9.48 Å². The van der Waals surface area contributed by atoms with Crippen LogP contribution in [-0.2, 0) is 11.8 Å². The highest BCUT2D eigenvalue weighted by molar-refractivity contribution is 5.99. The Kier molecular flexibility index (Phi) is 8.42. The molecule has 40 heavy (non-hydrogen) atoms. The van der Waals surface area contributed by atoms with Gasteiger partial charge >= 0.3 is 6.03 Å². The zero-order chi connectivity index (χ0) is 28.0. The number of benzene rings is 2. The first-order valence-electron chi connectivity index (χ1n) is 13.7. The number of anilines is 2. The van der Waals surface area contributed by atoms with Crippen LogP contribution >= 0.6 is 0 Å². The van der Waals surface area contributed by atoms with Gasteiger partial charge in [0, 0.05) is 62.3 Å². The average molecular weight is 540 g/mol. The number of piperazine rings is 1. The fraction of sp³-hybridized carbons (Fsp3) is 0.323. The molecule has 0 unspecified atom stereocenters. The van der Waals surface area contributed by atoms with Crippen LogP contribution in [-0.4, -0.2) is 58.4 Å². The van der Waals surface area contributed by atoms with Crippen molar-refractivity contribution in [3.63, 3.8) is 0 Å². The van der Waals surface area contributed by atoms with Crippen molar-refractivity contribution in [1.29, 1.82) is 0 Å². The third-order valence-corrected chi connectivity index (χ3v) is 6.82. The van der Waals surface area contributed by atoms with Gasteiger partial charge in [-0.1, -0.05) is 32.9 Å². The van der Waals surface area contributed by atoms with Gasteiger partial charge in [-0.15, -0.1) is 0 Å². The Labute approximate surface area is 235 Å². The van der Waals surface area contributed by atoms with Gasteiger partial charge in [0.05, 0.1) is 11.4 Å². The third kappa shape index (κ3) is 7.25. The Hall–Kier alpha value is -4.21. The lowest BCUT2D eigenvalue weighted by molar-refractivity contribution is 0.244. The van der Waals surface area contributed by atoms with Gasteiger partial charge < -0.3 is 20.3 Å². The van der Waals surface area contributed by atoms with Crippen molar-refractivity contribution in [1.82, 2.24) is 25.0 Å². The lowest BCUT2D eigenvalue weighted by Gasteiger charge is -2.27. The molecule has 9 nitrogen and oxygen atoms in total. The molecular formula is C31H37N7O2. The number of nitrogens with zero attached hydrogens (tertiary/aromatic N) is 4. The minimum atomic E-state index is -0.350. The molecule has 3 heterocycles. The predicted octanol–water partition coefficient (Wildman–Crippen LogP) is 5.45. The Morgan fingerprint density at radius 3 is 2.27 bits per heavy atom. The molecule has 0 saturated carbocycles. The molecule has 9 heteroatoms. The van der Waals surface area contributed by atoms with Crippen LogP contribution in [0.4, 0.5) is 16.3 Å². The Morgan fingerprint density at radius 2 is 1.60 bits per heavy atom. The molecule has 0 radical (unpaired) electrons. The number of pyridine rings is 1. The van der Waals surface area contributed by atoms with Crippen molar-refractivity contribution in [2.24, 2.45) is 0 Å². The van der Waals surface area contributed by atoms with Crippen LogP contribution in [0.15, 0.2) is 79.1 Å². The number of amides is 2. The first kappa shape index (κ1) is 27.4. The molecule has 1 aliphatic heterocycles. The van der Waals surface area contributed by atoms with E-state index in [1.165, 1.54) is 5.56 Å². The minimum Gasteiger partial charge on any atom is -0.457 e. The van der Waals surface area contributed by atoms with E-state index in [2.05, 4.69) is 70.9 Å². The van der Waals surface area contributed by atoms with Gasteiger partial charge in [-0.2, -0.15) is 5.10 Å².